The minimum absolute atomic E-state index is 0.343. The van der Waals surface area contributed by atoms with E-state index >= 15 is 0 Å². The van der Waals surface area contributed by atoms with Crippen LogP contribution in [0.3, 0.4) is 0 Å². The molecule has 0 aliphatic rings. The molecule has 1 N–H and O–H groups in total. The summed E-state index contributed by atoms with van der Waals surface area (Å²) in [4.78, 5) is 0. The molecule has 0 amide bonds. The highest BCUT2D eigenvalue weighted by Crippen LogP contribution is 2.21. The number of rotatable bonds is 7. The quantitative estimate of drug-likeness (QED) is 0.645. The minimum atomic E-state index is 0.343. The topological polar surface area (TPSA) is 20.2 Å². The molecule has 0 aromatic heterocycles. The van der Waals surface area contributed by atoms with Crippen LogP contribution in [-0.4, -0.2) is 11.7 Å². The van der Waals surface area contributed by atoms with Crippen molar-refractivity contribution in [2.75, 3.05) is 6.61 Å². The Morgan fingerprint density at radius 1 is 0.846 bits per heavy atom. The van der Waals surface area contributed by atoms with Gasteiger partial charge in [0.05, 0.1) is 0 Å². The van der Waals surface area contributed by atoms with Gasteiger partial charge in [-0.05, 0) is 24.2 Å². The highest BCUT2D eigenvalue weighted by atomic mass is 16.3. The van der Waals surface area contributed by atoms with Crippen molar-refractivity contribution in [3.63, 3.8) is 0 Å². The van der Waals surface area contributed by atoms with Crippen molar-refractivity contribution in [1.29, 1.82) is 0 Å². The predicted octanol–water partition coefficient (Wildman–Crippen LogP) is 3.47. The number of aliphatic hydroxyl groups excluding tert-OH is 1. The summed E-state index contributed by atoms with van der Waals surface area (Å²) in [5, 5.41) is 8.80. The molecule has 0 aromatic carbocycles. The first-order chi connectivity index (χ1) is 6.07. The van der Waals surface area contributed by atoms with Gasteiger partial charge in [-0.25, -0.2) is 0 Å². The normalized spacial score (nSPS) is 16.2. The van der Waals surface area contributed by atoms with Gasteiger partial charge in [-0.3, -0.25) is 0 Å². The fourth-order valence-corrected chi connectivity index (χ4v) is 1.62. The number of hydrogen-bond acceptors (Lipinski definition) is 1. The predicted molar refractivity (Wildman–Crippen MR) is 58.7 cm³/mol. The van der Waals surface area contributed by atoms with Crippen LogP contribution in [0.25, 0.3) is 0 Å². The Kier molecular flexibility index (Phi) is 7.35. The van der Waals surface area contributed by atoms with Crippen molar-refractivity contribution < 1.29 is 5.11 Å². The zero-order valence-electron chi connectivity index (χ0n) is 9.71. The summed E-state index contributed by atoms with van der Waals surface area (Å²) >= 11 is 0. The molecule has 1 nitrogen and oxygen atoms in total. The van der Waals surface area contributed by atoms with Crippen molar-refractivity contribution in [3.05, 3.63) is 0 Å². The molecule has 0 aromatic rings. The zero-order valence-corrected chi connectivity index (χ0v) is 9.71. The third kappa shape index (κ3) is 7.06. The third-order valence-corrected chi connectivity index (χ3v) is 3.00. The Labute approximate surface area is 83.5 Å². The van der Waals surface area contributed by atoms with Crippen molar-refractivity contribution in [2.45, 2.75) is 53.4 Å². The van der Waals surface area contributed by atoms with Gasteiger partial charge >= 0.3 is 0 Å². The van der Waals surface area contributed by atoms with E-state index in [4.69, 9.17) is 5.11 Å². The number of hydrogen-bond donors (Lipinski definition) is 1. The molecule has 80 valence electrons. The summed E-state index contributed by atoms with van der Waals surface area (Å²) in [5.74, 6) is 2.28. The van der Waals surface area contributed by atoms with Crippen molar-refractivity contribution in [1.82, 2.24) is 0 Å². The van der Waals surface area contributed by atoms with E-state index < -0.39 is 0 Å². The minimum Gasteiger partial charge on any atom is -0.396 e. The molecule has 0 rings (SSSR count). The van der Waals surface area contributed by atoms with Crippen molar-refractivity contribution in [2.24, 2.45) is 17.8 Å². The lowest BCUT2D eigenvalue weighted by atomic mass is 9.88. The monoisotopic (exact) mass is 186 g/mol. The van der Waals surface area contributed by atoms with E-state index in [9.17, 15) is 0 Å². The van der Waals surface area contributed by atoms with Crippen LogP contribution in [0.4, 0.5) is 0 Å². The summed E-state index contributed by atoms with van der Waals surface area (Å²) in [7, 11) is 0. The van der Waals surface area contributed by atoms with E-state index in [2.05, 4.69) is 27.7 Å². The lowest BCUT2D eigenvalue weighted by molar-refractivity contribution is 0.228. The highest BCUT2D eigenvalue weighted by molar-refractivity contribution is 4.62. The first-order valence-electron chi connectivity index (χ1n) is 5.68. The van der Waals surface area contributed by atoms with Crippen LogP contribution >= 0.6 is 0 Å². The van der Waals surface area contributed by atoms with Gasteiger partial charge in [0.15, 0.2) is 0 Å². The third-order valence-electron chi connectivity index (χ3n) is 3.00. The molecule has 13 heavy (non-hydrogen) atoms. The van der Waals surface area contributed by atoms with Crippen LogP contribution in [0.15, 0.2) is 0 Å². The van der Waals surface area contributed by atoms with Crippen LogP contribution in [0.5, 0.6) is 0 Å². The largest absolute Gasteiger partial charge is 0.396 e. The Hall–Kier alpha value is -0.0400. The van der Waals surface area contributed by atoms with Crippen LogP contribution in [-0.2, 0) is 0 Å². The maximum absolute atomic E-state index is 8.80. The molecule has 1 heteroatoms. The van der Waals surface area contributed by atoms with E-state index in [1.165, 1.54) is 19.3 Å². The van der Waals surface area contributed by atoms with Gasteiger partial charge < -0.3 is 5.11 Å². The average molecular weight is 186 g/mol. The van der Waals surface area contributed by atoms with Crippen molar-refractivity contribution in [3.8, 4) is 0 Å². The fourth-order valence-electron chi connectivity index (χ4n) is 1.62. The fraction of sp³-hybridized carbons (Fsp3) is 1.00. The maximum atomic E-state index is 8.80. The van der Waals surface area contributed by atoms with Gasteiger partial charge in [0.25, 0.3) is 0 Å². The van der Waals surface area contributed by atoms with E-state index in [1.54, 1.807) is 0 Å². The standard InChI is InChI=1S/C12H26O/c1-10(2)6-5-7-11(3)12(4)8-9-13/h10-13H,5-9H2,1-4H3. The second-order valence-electron chi connectivity index (χ2n) is 4.79. The molecule has 0 saturated carbocycles. The molecule has 2 unspecified atom stereocenters. The molecule has 0 aliphatic carbocycles. The second-order valence-corrected chi connectivity index (χ2v) is 4.79. The first kappa shape index (κ1) is 13.0. The molecule has 0 aliphatic heterocycles. The van der Waals surface area contributed by atoms with E-state index in [0.29, 0.717) is 12.5 Å². The molecule has 2 atom stereocenters. The Balaban J connectivity index is 3.43. The van der Waals surface area contributed by atoms with Crippen LogP contribution in [0, 0.1) is 17.8 Å². The average Bonchev–Trinajstić information content (AvgIpc) is 2.04. The molecular weight excluding hydrogens is 160 g/mol. The SMILES string of the molecule is CC(C)CCCC(C)C(C)CCO. The summed E-state index contributed by atoms with van der Waals surface area (Å²) in [6, 6.07) is 0. The summed E-state index contributed by atoms with van der Waals surface area (Å²) in [6.07, 6.45) is 4.97. The van der Waals surface area contributed by atoms with Crippen LogP contribution in [0.1, 0.15) is 53.4 Å². The first-order valence-corrected chi connectivity index (χ1v) is 5.68. The summed E-state index contributed by atoms with van der Waals surface area (Å²) in [5.41, 5.74) is 0. The molecule has 0 radical (unpaired) electrons. The van der Waals surface area contributed by atoms with Crippen LogP contribution in [0.2, 0.25) is 0 Å². The molecule has 0 bridgehead atoms. The Bertz CT molecular complexity index is 110. The molecular formula is C12H26O. The van der Waals surface area contributed by atoms with Gasteiger partial charge in [0, 0.05) is 6.61 Å². The molecule has 0 heterocycles. The van der Waals surface area contributed by atoms with Gasteiger partial charge in [-0.2, -0.15) is 0 Å². The highest BCUT2D eigenvalue weighted by Gasteiger charge is 2.11. The molecule has 0 fully saturated rings. The zero-order chi connectivity index (χ0) is 10.3. The Morgan fingerprint density at radius 2 is 1.38 bits per heavy atom. The summed E-state index contributed by atoms with van der Waals surface area (Å²) in [6.45, 7) is 9.45. The molecule has 0 saturated heterocycles. The van der Waals surface area contributed by atoms with E-state index in [0.717, 1.165) is 18.3 Å². The van der Waals surface area contributed by atoms with Gasteiger partial charge in [-0.1, -0.05) is 47.0 Å². The second kappa shape index (κ2) is 7.37. The summed E-state index contributed by atoms with van der Waals surface area (Å²) < 4.78 is 0. The lowest BCUT2D eigenvalue weighted by Gasteiger charge is -2.19. The number of aliphatic hydroxyl groups is 1. The smallest absolute Gasteiger partial charge is 0.0433 e. The lowest BCUT2D eigenvalue weighted by Crippen LogP contribution is -2.10. The van der Waals surface area contributed by atoms with Gasteiger partial charge in [-0.15, -0.1) is 0 Å². The van der Waals surface area contributed by atoms with E-state index in [-0.39, 0.29) is 0 Å². The Morgan fingerprint density at radius 3 is 1.85 bits per heavy atom. The maximum Gasteiger partial charge on any atom is 0.0433 e. The van der Waals surface area contributed by atoms with Crippen molar-refractivity contribution >= 4 is 0 Å². The van der Waals surface area contributed by atoms with Gasteiger partial charge in [0.1, 0.15) is 0 Å². The van der Waals surface area contributed by atoms with Gasteiger partial charge in [0.2, 0.25) is 0 Å². The molecule has 0 spiro atoms. The van der Waals surface area contributed by atoms with Crippen LogP contribution < -0.4 is 0 Å². The van der Waals surface area contributed by atoms with E-state index in [1.807, 2.05) is 0 Å².